The van der Waals surface area contributed by atoms with Crippen LogP contribution in [0.3, 0.4) is 0 Å². The molecule has 0 aliphatic carbocycles. The summed E-state index contributed by atoms with van der Waals surface area (Å²) in [7, 11) is 2.06. The van der Waals surface area contributed by atoms with Crippen LogP contribution in [0.4, 0.5) is 0 Å². The van der Waals surface area contributed by atoms with E-state index in [9.17, 15) is 4.79 Å². The van der Waals surface area contributed by atoms with E-state index in [-0.39, 0.29) is 0 Å². The molecule has 2 aromatic heterocycles. The number of aryl methyl sites for hydroxylation is 1. The van der Waals surface area contributed by atoms with Gasteiger partial charge in [0, 0.05) is 6.07 Å². The topological polar surface area (TPSA) is 20.9 Å². The van der Waals surface area contributed by atoms with E-state index in [0.717, 1.165) is 16.0 Å². The lowest BCUT2D eigenvalue weighted by molar-refractivity contribution is -0.629. The van der Waals surface area contributed by atoms with Gasteiger partial charge in [-0.3, -0.25) is 4.79 Å². The molecule has 0 radical (unpaired) electrons. The molecule has 4 heteroatoms. The molecule has 2 nitrogen and oxygen atoms in total. The molecule has 17 heavy (non-hydrogen) atoms. The van der Waals surface area contributed by atoms with Gasteiger partial charge >= 0.3 is 0 Å². The molecule has 0 aliphatic heterocycles. The van der Waals surface area contributed by atoms with E-state index in [1.54, 1.807) is 11.3 Å². The number of benzene rings is 1. The van der Waals surface area contributed by atoms with Crippen molar-refractivity contribution in [1.82, 2.24) is 0 Å². The first-order chi connectivity index (χ1) is 8.29. The molecule has 0 aliphatic rings. The molecular weight excluding hydrogens is 250 g/mol. The van der Waals surface area contributed by atoms with E-state index in [0.29, 0.717) is 0 Å². The van der Waals surface area contributed by atoms with Crippen LogP contribution in [0.15, 0.2) is 36.4 Å². The third kappa shape index (κ3) is 1.69. The van der Waals surface area contributed by atoms with Crippen molar-refractivity contribution in [2.45, 2.75) is 0 Å². The van der Waals surface area contributed by atoms with Crippen molar-refractivity contribution < 1.29 is 9.36 Å². The predicted molar refractivity (Wildman–Crippen MR) is 71.7 cm³/mol. The average molecular weight is 260 g/mol. The Hall–Kier alpha value is -1.52. The van der Waals surface area contributed by atoms with E-state index in [1.807, 2.05) is 24.3 Å². The molecule has 2 heterocycles. The predicted octanol–water partition coefficient (Wildman–Crippen LogP) is 3.27. The fourth-order valence-electron chi connectivity index (χ4n) is 1.85. The van der Waals surface area contributed by atoms with E-state index in [2.05, 4.69) is 23.7 Å². The Bertz CT molecular complexity index is 696. The van der Waals surface area contributed by atoms with Gasteiger partial charge in [0.15, 0.2) is 6.29 Å². The van der Waals surface area contributed by atoms with E-state index >= 15 is 0 Å². The van der Waals surface area contributed by atoms with Gasteiger partial charge in [-0.1, -0.05) is 23.5 Å². The van der Waals surface area contributed by atoms with Gasteiger partial charge in [0.25, 0.3) is 5.01 Å². The highest BCUT2D eigenvalue weighted by molar-refractivity contribution is 7.25. The molecule has 84 valence electrons. The number of carbonyl (C=O) groups is 1. The molecule has 0 atom stereocenters. The first kappa shape index (κ1) is 10.6. The summed E-state index contributed by atoms with van der Waals surface area (Å²) in [5.74, 6) is 0. The molecule has 0 N–H and O–H groups in total. The Morgan fingerprint density at radius 3 is 2.65 bits per heavy atom. The van der Waals surface area contributed by atoms with Crippen LogP contribution in [0.5, 0.6) is 0 Å². The van der Waals surface area contributed by atoms with Gasteiger partial charge in [-0.2, -0.15) is 4.57 Å². The van der Waals surface area contributed by atoms with Crippen molar-refractivity contribution in [2.24, 2.45) is 7.05 Å². The third-order valence-corrected chi connectivity index (χ3v) is 5.09. The van der Waals surface area contributed by atoms with Crippen LogP contribution < -0.4 is 4.57 Å². The zero-order valence-electron chi connectivity index (χ0n) is 9.21. The number of fused-ring (bicyclic) bond motifs is 1. The number of aromatic nitrogens is 1. The van der Waals surface area contributed by atoms with Crippen molar-refractivity contribution in [3.8, 4) is 9.88 Å². The van der Waals surface area contributed by atoms with Gasteiger partial charge in [0.05, 0.1) is 4.88 Å². The summed E-state index contributed by atoms with van der Waals surface area (Å²) in [6, 6.07) is 12.2. The lowest BCUT2D eigenvalue weighted by Crippen LogP contribution is -2.27. The standard InChI is InChI=1S/C13H10NOS2/c1-14-10-4-2-3-5-11(10)17-13(14)12-7-6-9(8-15)16-12/h2-8H,1H3/q+1. The van der Waals surface area contributed by atoms with Crippen LogP contribution >= 0.6 is 22.7 Å². The van der Waals surface area contributed by atoms with Crippen LogP contribution in [0.1, 0.15) is 9.67 Å². The number of nitrogens with zero attached hydrogens (tertiary/aromatic N) is 1. The summed E-state index contributed by atoms with van der Waals surface area (Å²) in [5, 5.41) is 1.20. The quantitative estimate of drug-likeness (QED) is 0.512. The second kappa shape index (κ2) is 4.05. The highest BCUT2D eigenvalue weighted by Crippen LogP contribution is 2.32. The Labute approximate surface area is 107 Å². The Kier molecular flexibility index (Phi) is 2.53. The molecule has 0 saturated carbocycles. The minimum atomic E-state index is 0.775. The first-order valence-corrected chi connectivity index (χ1v) is 6.86. The van der Waals surface area contributed by atoms with Crippen molar-refractivity contribution >= 4 is 39.2 Å². The second-order valence-corrected chi connectivity index (χ2v) is 5.90. The molecule has 3 aromatic rings. The number of hydrogen-bond acceptors (Lipinski definition) is 3. The van der Waals surface area contributed by atoms with Gasteiger partial charge < -0.3 is 0 Å². The molecule has 0 spiro atoms. The maximum atomic E-state index is 10.7. The summed E-state index contributed by atoms with van der Waals surface area (Å²) >= 11 is 3.30. The van der Waals surface area contributed by atoms with E-state index < -0.39 is 0 Å². The van der Waals surface area contributed by atoms with Gasteiger partial charge in [-0.15, -0.1) is 11.3 Å². The molecule has 0 amide bonds. The van der Waals surface area contributed by atoms with Crippen LogP contribution in [-0.4, -0.2) is 6.29 Å². The minimum absolute atomic E-state index is 0.775. The summed E-state index contributed by atoms with van der Waals surface area (Å²) in [5.41, 5.74) is 1.23. The summed E-state index contributed by atoms with van der Waals surface area (Å²) in [4.78, 5) is 12.6. The fraction of sp³-hybridized carbons (Fsp3) is 0.0769. The lowest BCUT2D eigenvalue weighted by Gasteiger charge is -1.87. The maximum Gasteiger partial charge on any atom is 0.280 e. The number of carbonyl (C=O) groups excluding carboxylic acids is 1. The monoisotopic (exact) mass is 260 g/mol. The number of thiazole rings is 1. The molecule has 0 unspecified atom stereocenters. The summed E-state index contributed by atoms with van der Waals surface area (Å²) < 4.78 is 3.45. The Morgan fingerprint density at radius 2 is 1.94 bits per heavy atom. The molecule has 0 fully saturated rings. The number of aldehydes is 1. The van der Waals surface area contributed by atoms with Crippen molar-refractivity contribution in [2.75, 3.05) is 0 Å². The molecular formula is C13H10NOS2+. The molecule has 1 aromatic carbocycles. The van der Waals surface area contributed by atoms with Crippen LogP contribution in [0, 0.1) is 0 Å². The van der Waals surface area contributed by atoms with Crippen LogP contribution in [-0.2, 0) is 7.05 Å². The van der Waals surface area contributed by atoms with E-state index in [1.165, 1.54) is 26.6 Å². The van der Waals surface area contributed by atoms with Gasteiger partial charge in [-0.05, 0) is 18.2 Å². The third-order valence-electron chi connectivity index (χ3n) is 2.69. The Morgan fingerprint density at radius 1 is 1.12 bits per heavy atom. The largest absolute Gasteiger partial charge is 0.297 e. The minimum Gasteiger partial charge on any atom is -0.297 e. The smallest absolute Gasteiger partial charge is 0.280 e. The van der Waals surface area contributed by atoms with Gasteiger partial charge in [-0.25, -0.2) is 0 Å². The average Bonchev–Trinajstić information content (AvgIpc) is 2.95. The highest BCUT2D eigenvalue weighted by atomic mass is 32.1. The molecule has 0 saturated heterocycles. The summed E-state index contributed by atoms with van der Waals surface area (Å²) in [6.07, 6.45) is 0.904. The zero-order chi connectivity index (χ0) is 11.8. The number of para-hydroxylation sites is 1. The summed E-state index contributed by atoms with van der Waals surface area (Å²) in [6.45, 7) is 0. The first-order valence-electron chi connectivity index (χ1n) is 5.22. The highest BCUT2D eigenvalue weighted by Gasteiger charge is 2.19. The van der Waals surface area contributed by atoms with Gasteiger partial charge in [0.1, 0.15) is 16.6 Å². The zero-order valence-corrected chi connectivity index (χ0v) is 10.8. The van der Waals surface area contributed by atoms with Crippen LogP contribution in [0.2, 0.25) is 0 Å². The van der Waals surface area contributed by atoms with Crippen molar-refractivity contribution in [3.63, 3.8) is 0 Å². The number of hydrogen-bond donors (Lipinski definition) is 0. The van der Waals surface area contributed by atoms with E-state index in [4.69, 9.17) is 0 Å². The normalized spacial score (nSPS) is 10.9. The lowest BCUT2D eigenvalue weighted by atomic mass is 10.3. The fourth-order valence-corrected chi connectivity index (χ4v) is 3.97. The van der Waals surface area contributed by atoms with Crippen molar-refractivity contribution in [3.05, 3.63) is 41.3 Å². The Balaban J connectivity index is 2.23. The molecule has 0 bridgehead atoms. The maximum absolute atomic E-state index is 10.7. The number of thiophene rings is 1. The SMILES string of the molecule is C[n+]1c(-c2ccc(C=O)s2)sc2ccccc21. The van der Waals surface area contributed by atoms with Gasteiger partial charge in [0.2, 0.25) is 5.52 Å². The van der Waals surface area contributed by atoms with Crippen molar-refractivity contribution in [1.29, 1.82) is 0 Å². The number of rotatable bonds is 2. The second-order valence-electron chi connectivity index (χ2n) is 3.75. The molecule has 3 rings (SSSR count). The van der Waals surface area contributed by atoms with Crippen LogP contribution in [0.25, 0.3) is 20.1 Å².